The van der Waals surface area contributed by atoms with E-state index in [1.54, 1.807) is 31.0 Å². The monoisotopic (exact) mass is 289 g/mol. The quantitative estimate of drug-likeness (QED) is 0.794. The van der Waals surface area contributed by atoms with Gasteiger partial charge < -0.3 is 15.0 Å². The van der Waals surface area contributed by atoms with Crippen molar-refractivity contribution >= 4 is 10.0 Å². The van der Waals surface area contributed by atoms with Crippen molar-refractivity contribution in [1.29, 1.82) is 0 Å². The van der Waals surface area contributed by atoms with Crippen LogP contribution in [0, 0.1) is 0 Å². The lowest BCUT2D eigenvalue weighted by Crippen LogP contribution is -2.39. The minimum absolute atomic E-state index is 0.123. The van der Waals surface area contributed by atoms with E-state index in [2.05, 4.69) is 0 Å². The molecule has 1 heterocycles. The Kier molecular flexibility index (Phi) is 5.54. The van der Waals surface area contributed by atoms with Crippen molar-refractivity contribution in [3.05, 3.63) is 18.0 Å². The Hall–Kier alpha value is -0.890. The summed E-state index contributed by atoms with van der Waals surface area (Å²) >= 11 is 0. The Labute approximate surface area is 115 Å². The number of aromatic nitrogens is 1. The first-order valence-electron chi connectivity index (χ1n) is 6.20. The van der Waals surface area contributed by atoms with Crippen LogP contribution >= 0.6 is 0 Å². The maximum absolute atomic E-state index is 12.6. The second kappa shape index (κ2) is 6.51. The zero-order valence-electron chi connectivity index (χ0n) is 12.0. The number of rotatable bonds is 7. The van der Waals surface area contributed by atoms with Crippen molar-refractivity contribution in [1.82, 2.24) is 8.87 Å². The van der Waals surface area contributed by atoms with Gasteiger partial charge in [-0.05, 0) is 19.9 Å². The Bertz CT molecular complexity index is 508. The second-order valence-corrected chi connectivity index (χ2v) is 6.58. The van der Waals surface area contributed by atoms with Gasteiger partial charge in [0.2, 0.25) is 10.0 Å². The summed E-state index contributed by atoms with van der Waals surface area (Å²) in [4.78, 5) is 0.278. The number of sulfonamides is 1. The van der Waals surface area contributed by atoms with E-state index in [9.17, 15) is 8.42 Å². The van der Waals surface area contributed by atoms with Gasteiger partial charge in [0, 0.05) is 45.2 Å². The Morgan fingerprint density at radius 2 is 2.11 bits per heavy atom. The Morgan fingerprint density at radius 1 is 1.47 bits per heavy atom. The fourth-order valence-electron chi connectivity index (χ4n) is 1.89. The standard InChI is InChI=1S/C12H23N3O3S/c1-10(2)15(5-6-18-4)19(16,17)12-7-11(8-13)14(3)9-12/h7,9-10H,5-6,8,13H2,1-4H3. The van der Waals surface area contributed by atoms with Crippen LogP contribution in [0.25, 0.3) is 0 Å². The third-order valence-electron chi connectivity index (χ3n) is 2.99. The predicted octanol–water partition coefficient (Wildman–Crippen LogP) is 0.529. The first kappa shape index (κ1) is 16.2. The van der Waals surface area contributed by atoms with Crippen molar-refractivity contribution in [2.24, 2.45) is 12.8 Å². The molecule has 0 bridgehead atoms. The third kappa shape index (κ3) is 3.56. The third-order valence-corrected chi connectivity index (χ3v) is 5.03. The number of methoxy groups -OCH3 is 1. The van der Waals surface area contributed by atoms with Gasteiger partial charge in [0.15, 0.2) is 0 Å². The summed E-state index contributed by atoms with van der Waals surface area (Å²) in [6.07, 6.45) is 1.60. The zero-order valence-corrected chi connectivity index (χ0v) is 12.8. The summed E-state index contributed by atoms with van der Waals surface area (Å²) in [5.74, 6) is 0. The second-order valence-electron chi connectivity index (χ2n) is 4.68. The summed E-state index contributed by atoms with van der Waals surface area (Å²) < 4.78 is 33.3. The molecule has 2 N–H and O–H groups in total. The van der Waals surface area contributed by atoms with Crippen LogP contribution in [0.15, 0.2) is 17.2 Å². The van der Waals surface area contributed by atoms with Gasteiger partial charge in [-0.1, -0.05) is 0 Å². The van der Waals surface area contributed by atoms with E-state index in [0.29, 0.717) is 19.7 Å². The van der Waals surface area contributed by atoms with E-state index in [1.807, 2.05) is 13.8 Å². The van der Waals surface area contributed by atoms with E-state index in [4.69, 9.17) is 10.5 Å². The van der Waals surface area contributed by atoms with Crippen molar-refractivity contribution in [2.75, 3.05) is 20.3 Å². The number of ether oxygens (including phenoxy) is 1. The highest BCUT2D eigenvalue weighted by Crippen LogP contribution is 2.20. The lowest BCUT2D eigenvalue weighted by molar-refractivity contribution is 0.171. The van der Waals surface area contributed by atoms with Gasteiger partial charge in [-0.25, -0.2) is 8.42 Å². The fourth-order valence-corrected chi connectivity index (χ4v) is 3.61. The van der Waals surface area contributed by atoms with E-state index < -0.39 is 10.0 Å². The van der Waals surface area contributed by atoms with E-state index >= 15 is 0 Å². The molecule has 0 amide bonds. The summed E-state index contributed by atoms with van der Waals surface area (Å²) in [7, 11) is -0.164. The largest absolute Gasteiger partial charge is 0.383 e. The highest BCUT2D eigenvalue weighted by Gasteiger charge is 2.28. The smallest absolute Gasteiger partial charge is 0.244 e. The average molecular weight is 289 g/mol. The lowest BCUT2D eigenvalue weighted by atomic mass is 10.4. The van der Waals surface area contributed by atoms with Crippen LogP contribution < -0.4 is 5.73 Å². The van der Waals surface area contributed by atoms with Crippen molar-refractivity contribution in [3.63, 3.8) is 0 Å². The molecule has 0 radical (unpaired) electrons. The van der Waals surface area contributed by atoms with Crippen molar-refractivity contribution in [3.8, 4) is 0 Å². The number of hydrogen-bond donors (Lipinski definition) is 1. The normalized spacial score (nSPS) is 12.6. The van der Waals surface area contributed by atoms with Gasteiger partial charge in [-0.15, -0.1) is 0 Å². The molecule has 1 rings (SSSR count). The maximum atomic E-state index is 12.6. The summed E-state index contributed by atoms with van der Waals surface area (Å²) in [5.41, 5.74) is 6.36. The molecule has 0 unspecified atom stereocenters. The van der Waals surface area contributed by atoms with Gasteiger partial charge in [-0.2, -0.15) is 4.31 Å². The molecule has 0 spiro atoms. The van der Waals surface area contributed by atoms with Crippen LogP contribution in [-0.4, -0.2) is 43.6 Å². The molecule has 0 saturated heterocycles. The van der Waals surface area contributed by atoms with Gasteiger partial charge >= 0.3 is 0 Å². The van der Waals surface area contributed by atoms with Gasteiger partial charge in [0.1, 0.15) is 4.90 Å². The van der Waals surface area contributed by atoms with Crippen LogP contribution in [0.4, 0.5) is 0 Å². The average Bonchev–Trinajstić information content (AvgIpc) is 2.71. The van der Waals surface area contributed by atoms with Gasteiger partial charge in [0.25, 0.3) is 0 Å². The van der Waals surface area contributed by atoms with E-state index in [-0.39, 0.29) is 10.9 Å². The molecular formula is C12H23N3O3S. The zero-order chi connectivity index (χ0) is 14.6. The van der Waals surface area contributed by atoms with Crippen LogP contribution in [0.3, 0.4) is 0 Å². The highest BCUT2D eigenvalue weighted by molar-refractivity contribution is 7.89. The van der Waals surface area contributed by atoms with Crippen LogP contribution in [0.1, 0.15) is 19.5 Å². The van der Waals surface area contributed by atoms with Crippen LogP contribution in [0.5, 0.6) is 0 Å². The lowest BCUT2D eigenvalue weighted by Gasteiger charge is -2.24. The number of nitrogens with zero attached hydrogens (tertiary/aromatic N) is 2. The molecule has 1 aromatic heterocycles. The molecule has 19 heavy (non-hydrogen) atoms. The first-order valence-corrected chi connectivity index (χ1v) is 7.64. The molecule has 0 fully saturated rings. The molecule has 7 heteroatoms. The molecule has 0 aliphatic carbocycles. The minimum Gasteiger partial charge on any atom is -0.383 e. The minimum atomic E-state index is -3.51. The molecule has 0 saturated carbocycles. The number of aryl methyl sites for hydroxylation is 1. The molecule has 0 aliphatic heterocycles. The maximum Gasteiger partial charge on any atom is 0.244 e. The Morgan fingerprint density at radius 3 is 2.53 bits per heavy atom. The van der Waals surface area contributed by atoms with Crippen molar-refractivity contribution < 1.29 is 13.2 Å². The molecule has 0 atom stereocenters. The fraction of sp³-hybridized carbons (Fsp3) is 0.667. The van der Waals surface area contributed by atoms with E-state index in [0.717, 1.165) is 5.69 Å². The van der Waals surface area contributed by atoms with Crippen LogP contribution in [-0.2, 0) is 28.4 Å². The molecule has 1 aromatic rings. The molecular weight excluding hydrogens is 266 g/mol. The molecule has 110 valence electrons. The first-order chi connectivity index (χ1) is 8.84. The predicted molar refractivity (Wildman–Crippen MR) is 74.2 cm³/mol. The summed E-state index contributed by atoms with van der Waals surface area (Å²) in [5, 5.41) is 0. The summed E-state index contributed by atoms with van der Waals surface area (Å²) in [6.45, 7) is 4.71. The molecule has 6 nitrogen and oxygen atoms in total. The van der Waals surface area contributed by atoms with E-state index in [1.165, 1.54) is 4.31 Å². The SMILES string of the molecule is COCCN(C(C)C)S(=O)(=O)c1cc(CN)n(C)c1. The Balaban J connectivity index is 3.11. The highest BCUT2D eigenvalue weighted by atomic mass is 32.2. The molecule has 0 aromatic carbocycles. The number of nitrogens with two attached hydrogens (primary N) is 1. The number of hydrogen-bond acceptors (Lipinski definition) is 4. The molecule has 0 aliphatic rings. The topological polar surface area (TPSA) is 77.6 Å². The summed E-state index contributed by atoms with van der Waals surface area (Å²) in [6, 6.07) is 1.50. The van der Waals surface area contributed by atoms with Gasteiger partial charge in [0.05, 0.1) is 6.61 Å². The van der Waals surface area contributed by atoms with Gasteiger partial charge in [-0.3, -0.25) is 0 Å². The van der Waals surface area contributed by atoms with Crippen LogP contribution in [0.2, 0.25) is 0 Å². The van der Waals surface area contributed by atoms with Crippen molar-refractivity contribution in [2.45, 2.75) is 31.3 Å².